The van der Waals surface area contributed by atoms with Gasteiger partial charge in [0.15, 0.2) is 5.78 Å². The van der Waals surface area contributed by atoms with Crippen molar-refractivity contribution >= 4 is 16.7 Å². The Kier molecular flexibility index (Phi) is 5.05. The fourth-order valence-corrected chi connectivity index (χ4v) is 3.76. The lowest BCUT2D eigenvalue weighted by atomic mass is 10.0. The summed E-state index contributed by atoms with van der Waals surface area (Å²) in [5, 5.41) is 0.989. The Balaban J connectivity index is 1.49. The number of nitrogens with zero attached hydrogens (tertiary/aromatic N) is 1. The van der Waals surface area contributed by atoms with Crippen LogP contribution in [0.2, 0.25) is 0 Å². The minimum Gasteiger partial charge on any atom is -0.371 e. The topological polar surface area (TPSA) is 45.3 Å². The van der Waals surface area contributed by atoms with Crippen molar-refractivity contribution in [1.82, 2.24) is 9.88 Å². The first-order chi connectivity index (χ1) is 13.2. The lowest BCUT2D eigenvalue weighted by Crippen LogP contribution is -2.41. The summed E-state index contributed by atoms with van der Waals surface area (Å²) in [4.78, 5) is 18.3. The molecule has 1 saturated heterocycles. The van der Waals surface area contributed by atoms with Gasteiger partial charge in [0, 0.05) is 35.8 Å². The number of carbonyl (C=O) groups is 1. The van der Waals surface area contributed by atoms with Gasteiger partial charge in [-0.05, 0) is 29.7 Å². The first-order valence-electron chi connectivity index (χ1n) is 9.37. The molecule has 1 aromatic heterocycles. The summed E-state index contributed by atoms with van der Waals surface area (Å²) in [7, 11) is 0. The average Bonchev–Trinajstić information content (AvgIpc) is 3.13. The number of hydrogen-bond donors (Lipinski definition) is 1. The van der Waals surface area contributed by atoms with Crippen LogP contribution in [0.4, 0.5) is 4.39 Å². The van der Waals surface area contributed by atoms with Crippen molar-refractivity contribution in [3.05, 3.63) is 71.2 Å². The predicted octanol–water partition coefficient (Wildman–Crippen LogP) is 4.13. The van der Waals surface area contributed by atoms with Crippen LogP contribution in [0.15, 0.2) is 48.7 Å². The summed E-state index contributed by atoms with van der Waals surface area (Å²) in [6, 6.07) is 12.5. The van der Waals surface area contributed by atoms with Crippen molar-refractivity contribution in [2.75, 3.05) is 26.2 Å². The van der Waals surface area contributed by atoms with E-state index in [9.17, 15) is 9.18 Å². The van der Waals surface area contributed by atoms with Crippen molar-refractivity contribution in [3.8, 4) is 0 Å². The van der Waals surface area contributed by atoms with Crippen molar-refractivity contribution in [1.29, 1.82) is 0 Å². The van der Waals surface area contributed by atoms with E-state index in [0.717, 1.165) is 28.5 Å². The summed E-state index contributed by atoms with van der Waals surface area (Å²) < 4.78 is 19.0. The van der Waals surface area contributed by atoms with E-state index in [1.54, 1.807) is 12.1 Å². The predicted molar refractivity (Wildman–Crippen MR) is 104 cm³/mol. The molecule has 2 aromatic carbocycles. The zero-order valence-corrected chi connectivity index (χ0v) is 15.4. The van der Waals surface area contributed by atoms with E-state index in [1.807, 2.05) is 18.3 Å². The van der Waals surface area contributed by atoms with Gasteiger partial charge < -0.3 is 9.72 Å². The van der Waals surface area contributed by atoms with Gasteiger partial charge in [0.05, 0.1) is 19.3 Å². The summed E-state index contributed by atoms with van der Waals surface area (Å²) in [5.41, 5.74) is 3.95. The molecule has 0 bridgehead atoms. The maximum absolute atomic E-state index is 13.1. The number of benzene rings is 2. The number of aromatic amines is 1. The average molecular weight is 366 g/mol. The van der Waals surface area contributed by atoms with E-state index in [0.29, 0.717) is 26.2 Å². The number of aromatic nitrogens is 1. The molecule has 5 heteroatoms. The van der Waals surface area contributed by atoms with E-state index < -0.39 is 0 Å². The van der Waals surface area contributed by atoms with Gasteiger partial charge in [-0.2, -0.15) is 0 Å². The summed E-state index contributed by atoms with van der Waals surface area (Å²) in [6.45, 7) is 4.36. The number of carbonyl (C=O) groups excluding carboxylic acids is 1. The summed E-state index contributed by atoms with van der Waals surface area (Å²) in [5.74, 6) is -0.151. The normalized spacial score (nSPS) is 18.1. The second-order valence-electron chi connectivity index (χ2n) is 6.96. The fourth-order valence-electron chi connectivity index (χ4n) is 3.76. The molecule has 0 radical (unpaired) electrons. The number of fused-ring (bicyclic) bond motifs is 1. The molecular formula is C22H23FN2O2. The van der Waals surface area contributed by atoms with Gasteiger partial charge in [0.2, 0.25) is 0 Å². The SMILES string of the molecule is CCc1cccc2c(C(=O)CN3CCOC(c4ccc(F)cc4)C3)c[nH]c12. The number of ether oxygens (including phenoxy) is 1. The molecule has 140 valence electrons. The monoisotopic (exact) mass is 366 g/mol. The van der Waals surface area contributed by atoms with Crippen LogP contribution in [0, 0.1) is 5.82 Å². The molecule has 0 aliphatic carbocycles. The quantitative estimate of drug-likeness (QED) is 0.691. The molecule has 0 saturated carbocycles. The summed E-state index contributed by atoms with van der Waals surface area (Å²) >= 11 is 0. The first-order valence-corrected chi connectivity index (χ1v) is 9.37. The number of nitrogens with one attached hydrogen (secondary N) is 1. The molecule has 4 nitrogen and oxygen atoms in total. The lowest BCUT2D eigenvalue weighted by molar-refractivity contribution is -0.0275. The Morgan fingerprint density at radius 3 is 2.85 bits per heavy atom. The van der Waals surface area contributed by atoms with Crippen molar-refractivity contribution in [2.45, 2.75) is 19.4 Å². The number of Topliss-reactive ketones (excluding diaryl/α,β-unsaturated/α-hetero) is 1. The van der Waals surface area contributed by atoms with Crippen LogP contribution < -0.4 is 0 Å². The smallest absolute Gasteiger partial charge is 0.178 e. The van der Waals surface area contributed by atoms with Crippen molar-refractivity contribution in [3.63, 3.8) is 0 Å². The minimum atomic E-state index is -0.257. The molecule has 27 heavy (non-hydrogen) atoms. The highest BCUT2D eigenvalue weighted by Crippen LogP contribution is 2.25. The highest BCUT2D eigenvalue weighted by Gasteiger charge is 2.24. The van der Waals surface area contributed by atoms with Crippen LogP contribution in [0.1, 0.15) is 34.5 Å². The van der Waals surface area contributed by atoms with Crippen LogP contribution in [0.25, 0.3) is 10.9 Å². The summed E-state index contributed by atoms with van der Waals surface area (Å²) in [6.07, 6.45) is 2.61. The largest absolute Gasteiger partial charge is 0.371 e. The number of para-hydroxylation sites is 1. The number of rotatable bonds is 5. The zero-order valence-electron chi connectivity index (χ0n) is 15.4. The third-order valence-corrected chi connectivity index (χ3v) is 5.24. The molecule has 1 aliphatic heterocycles. The number of aryl methyl sites for hydroxylation is 1. The van der Waals surface area contributed by atoms with E-state index in [4.69, 9.17) is 4.74 Å². The molecule has 1 unspecified atom stereocenters. The van der Waals surface area contributed by atoms with Gasteiger partial charge >= 0.3 is 0 Å². The lowest BCUT2D eigenvalue weighted by Gasteiger charge is -2.32. The Hall–Kier alpha value is -2.50. The van der Waals surface area contributed by atoms with Gasteiger partial charge in [-0.1, -0.05) is 37.3 Å². The van der Waals surface area contributed by atoms with E-state index >= 15 is 0 Å². The van der Waals surface area contributed by atoms with Crippen molar-refractivity contribution in [2.24, 2.45) is 0 Å². The molecule has 1 atom stereocenters. The third kappa shape index (κ3) is 3.66. The van der Waals surface area contributed by atoms with E-state index in [1.165, 1.54) is 17.7 Å². The molecule has 1 aliphatic rings. The van der Waals surface area contributed by atoms with Gasteiger partial charge in [-0.15, -0.1) is 0 Å². The van der Waals surface area contributed by atoms with Crippen LogP contribution in [0.3, 0.4) is 0 Å². The highest BCUT2D eigenvalue weighted by atomic mass is 19.1. The maximum Gasteiger partial charge on any atom is 0.178 e. The molecule has 0 spiro atoms. The van der Waals surface area contributed by atoms with Crippen LogP contribution in [-0.2, 0) is 11.2 Å². The molecular weight excluding hydrogens is 343 g/mol. The van der Waals surface area contributed by atoms with Crippen molar-refractivity contribution < 1.29 is 13.9 Å². The van der Waals surface area contributed by atoms with Gasteiger partial charge in [0.25, 0.3) is 0 Å². The highest BCUT2D eigenvalue weighted by molar-refractivity contribution is 6.09. The number of ketones is 1. The maximum atomic E-state index is 13.1. The molecule has 2 heterocycles. The Morgan fingerprint density at radius 1 is 1.26 bits per heavy atom. The van der Waals surface area contributed by atoms with Gasteiger partial charge in [-0.3, -0.25) is 9.69 Å². The Bertz CT molecular complexity index is 949. The number of morpholine rings is 1. The minimum absolute atomic E-state index is 0.106. The second kappa shape index (κ2) is 7.62. The van der Waals surface area contributed by atoms with Crippen LogP contribution in [0.5, 0.6) is 0 Å². The van der Waals surface area contributed by atoms with E-state index in [-0.39, 0.29) is 17.7 Å². The fraction of sp³-hybridized carbons (Fsp3) is 0.318. The zero-order chi connectivity index (χ0) is 18.8. The third-order valence-electron chi connectivity index (χ3n) is 5.24. The standard InChI is InChI=1S/C22H23FN2O2/c1-2-15-4-3-5-18-19(12-24-22(15)18)20(26)13-25-10-11-27-21(14-25)16-6-8-17(23)9-7-16/h3-9,12,21,24H,2,10-11,13-14H2,1H3. The Morgan fingerprint density at radius 2 is 2.07 bits per heavy atom. The van der Waals surface area contributed by atoms with Gasteiger partial charge in [-0.25, -0.2) is 4.39 Å². The molecule has 3 aromatic rings. The second-order valence-corrected chi connectivity index (χ2v) is 6.96. The first kappa shape index (κ1) is 17.9. The Labute approximate surface area is 157 Å². The van der Waals surface area contributed by atoms with Crippen LogP contribution >= 0.6 is 0 Å². The molecule has 1 fully saturated rings. The molecule has 4 rings (SSSR count). The number of halogens is 1. The molecule has 1 N–H and O–H groups in total. The number of hydrogen-bond acceptors (Lipinski definition) is 3. The molecule has 0 amide bonds. The number of H-pyrrole nitrogens is 1. The van der Waals surface area contributed by atoms with E-state index in [2.05, 4.69) is 22.9 Å². The van der Waals surface area contributed by atoms with Crippen LogP contribution in [-0.4, -0.2) is 41.9 Å². The van der Waals surface area contributed by atoms with Gasteiger partial charge in [0.1, 0.15) is 5.82 Å².